The Morgan fingerprint density at radius 1 is 1.14 bits per heavy atom. The molecule has 0 radical (unpaired) electrons. The van der Waals surface area contributed by atoms with Gasteiger partial charge in [0, 0.05) is 12.1 Å². The summed E-state index contributed by atoms with van der Waals surface area (Å²) in [5.41, 5.74) is 0.739. The molecule has 4 nitrogen and oxygen atoms in total. The number of sulfonamides is 1. The van der Waals surface area contributed by atoms with Crippen LogP contribution in [0.3, 0.4) is 0 Å². The molecule has 0 spiro atoms. The Bertz CT molecular complexity index is 612. The largest absolute Gasteiger partial charge is 0.381 e. The van der Waals surface area contributed by atoms with E-state index in [1.54, 1.807) is 12.1 Å². The van der Waals surface area contributed by atoms with Crippen LogP contribution in [0.25, 0.3) is 0 Å². The maximum absolute atomic E-state index is 12.4. The number of hydrogen-bond acceptors (Lipinski definition) is 3. The van der Waals surface area contributed by atoms with Crippen LogP contribution in [-0.2, 0) is 10.0 Å². The summed E-state index contributed by atoms with van der Waals surface area (Å²) in [4.78, 5) is 0.362. The summed E-state index contributed by atoms with van der Waals surface area (Å²) in [5.74, 6) is 1.55. The summed E-state index contributed by atoms with van der Waals surface area (Å²) in [6.07, 6.45) is 5.10. The van der Waals surface area contributed by atoms with Gasteiger partial charge in [0.15, 0.2) is 0 Å². The first kappa shape index (κ1) is 14.9. The van der Waals surface area contributed by atoms with Crippen molar-refractivity contribution >= 4 is 15.7 Å². The van der Waals surface area contributed by atoms with Gasteiger partial charge in [0.1, 0.15) is 4.90 Å². The highest BCUT2D eigenvalue weighted by atomic mass is 32.2. The van der Waals surface area contributed by atoms with E-state index in [2.05, 4.69) is 10.0 Å². The molecule has 0 aromatic heterocycles. The Balaban J connectivity index is 1.83. The quantitative estimate of drug-likeness (QED) is 0.879. The Morgan fingerprint density at radius 3 is 2.52 bits per heavy atom. The van der Waals surface area contributed by atoms with Crippen LogP contribution in [0, 0.1) is 11.8 Å². The van der Waals surface area contributed by atoms with Gasteiger partial charge in [-0.25, -0.2) is 13.1 Å². The number of hydrogen-bond donors (Lipinski definition) is 2. The predicted molar refractivity (Wildman–Crippen MR) is 84.8 cm³/mol. The summed E-state index contributed by atoms with van der Waals surface area (Å²) < 4.78 is 27.6. The lowest BCUT2D eigenvalue weighted by Gasteiger charge is -2.25. The molecule has 0 heterocycles. The first-order valence-electron chi connectivity index (χ1n) is 7.83. The lowest BCUT2D eigenvalue weighted by molar-refractivity contribution is 0.439. The van der Waals surface area contributed by atoms with Gasteiger partial charge in [-0.15, -0.1) is 0 Å². The lowest BCUT2D eigenvalue weighted by atomic mass is 9.95. The molecule has 2 bridgehead atoms. The van der Waals surface area contributed by atoms with Gasteiger partial charge in [0.05, 0.1) is 5.69 Å². The standard InChI is InChI=1S/C16H24N2O2S/c1-11(2)18-21(19,20)16-6-4-3-5-14(16)17-15-10-12-7-8-13(15)9-12/h3-6,11-13,15,17-18H,7-10H2,1-2H3. The smallest absolute Gasteiger partial charge is 0.242 e. The second kappa shape index (κ2) is 5.61. The molecule has 3 unspecified atom stereocenters. The molecule has 2 fully saturated rings. The van der Waals surface area contributed by atoms with Crippen LogP contribution < -0.4 is 10.0 Å². The van der Waals surface area contributed by atoms with E-state index in [1.807, 2.05) is 26.0 Å². The van der Waals surface area contributed by atoms with Gasteiger partial charge in [-0.05, 0) is 57.1 Å². The SMILES string of the molecule is CC(C)NS(=O)(=O)c1ccccc1NC1CC2CCC1C2. The summed E-state index contributed by atoms with van der Waals surface area (Å²) in [6, 6.07) is 7.55. The molecule has 1 aromatic carbocycles. The van der Waals surface area contributed by atoms with Crippen LogP contribution in [-0.4, -0.2) is 20.5 Å². The van der Waals surface area contributed by atoms with Gasteiger partial charge < -0.3 is 5.32 Å². The van der Waals surface area contributed by atoms with E-state index in [9.17, 15) is 8.42 Å². The molecule has 0 amide bonds. The van der Waals surface area contributed by atoms with Crippen LogP contribution >= 0.6 is 0 Å². The molecule has 2 saturated carbocycles. The predicted octanol–water partition coefficient (Wildman–Crippen LogP) is 2.97. The maximum Gasteiger partial charge on any atom is 0.242 e. The molecule has 3 atom stereocenters. The van der Waals surface area contributed by atoms with Crippen molar-refractivity contribution in [2.75, 3.05) is 5.32 Å². The number of anilines is 1. The molecule has 3 rings (SSSR count). The van der Waals surface area contributed by atoms with Crippen molar-refractivity contribution in [3.05, 3.63) is 24.3 Å². The Morgan fingerprint density at radius 2 is 1.90 bits per heavy atom. The fourth-order valence-electron chi connectivity index (χ4n) is 3.82. The van der Waals surface area contributed by atoms with Crippen molar-refractivity contribution in [3.8, 4) is 0 Å². The summed E-state index contributed by atoms with van der Waals surface area (Å²) in [6.45, 7) is 3.67. The third-order valence-corrected chi connectivity index (χ3v) is 6.36. The number of rotatable bonds is 5. The van der Waals surface area contributed by atoms with Gasteiger partial charge in [-0.3, -0.25) is 0 Å². The van der Waals surface area contributed by atoms with E-state index in [0.29, 0.717) is 16.9 Å². The van der Waals surface area contributed by atoms with Crippen LogP contribution in [0.4, 0.5) is 5.69 Å². The lowest BCUT2D eigenvalue weighted by Crippen LogP contribution is -2.32. The first-order chi connectivity index (χ1) is 9.95. The molecule has 0 aliphatic heterocycles. The second-order valence-electron chi connectivity index (χ2n) is 6.70. The van der Waals surface area contributed by atoms with Crippen LogP contribution in [0.2, 0.25) is 0 Å². The molecular formula is C16H24N2O2S. The zero-order chi connectivity index (χ0) is 15.0. The van der Waals surface area contributed by atoms with Crippen LogP contribution in [0.15, 0.2) is 29.2 Å². The average molecular weight is 308 g/mol. The third kappa shape index (κ3) is 3.09. The molecule has 2 aliphatic carbocycles. The van der Waals surface area contributed by atoms with Crippen molar-refractivity contribution in [1.82, 2.24) is 4.72 Å². The minimum Gasteiger partial charge on any atom is -0.381 e. The number of fused-ring (bicyclic) bond motifs is 2. The van der Waals surface area contributed by atoms with E-state index < -0.39 is 10.0 Å². The molecule has 2 aliphatic rings. The number of nitrogens with one attached hydrogen (secondary N) is 2. The Labute approximate surface area is 127 Å². The second-order valence-corrected chi connectivity index (χ2v) is 8.38. The van der Waals surface area contributed by atoms with Gasteiger partial charge in [-0.2, -0.15) is 0 Å². The molecule has 0 saturated heterocycles. The first-order valence-corrected chi connectivity index (χ1v) is 9.32. The van der Waals surface area contributed by atoms with E-state index in [-0.39, 0.29) is 6.04 Å². The van der Waals surface area contributed by atoms with Gasteiger partial charge >= 0.3 is 0 Å². The van der Waals surface area contributed by atoms with Gasteiger partial charge in [0.25, 0.3) is 0 Å². The molecule has 2 N–H and O–H groups in total. The molecule has 116 valence electrons. The van der Waals surface area contributed by atoms with Crippen LogP contribution in [0.5, 0.6) is 0 Å². The fourth-order valence-corrected chi connectivity index (χ4v) is 5.24. The number of para-hydroxylation sites is 1. The highest BCUT2D eigenvalue weighted by Crippen LogP contribution is 2.45. The third-order valence-electron chi connectivity index (χ3n) is 4.65. The normalized spacial score (nSPS) is 28.2. The number of benzene rings is 1. The van der Waals surface area contributed by atoms with Crippen molar-refractivity contribution < 1.29 is 8.42 Å². The summed E-state index contributed by atoms with van der Waals surface area (Å²) in [5, 5.41) is 3.50. The molecule has 1 aromatic rings. The van der Waals surface area contributed by atoms with E-state index in [1.165, 1.54) is 25.7 Å². The Kier molecular flexibility index (Phi) is 3.97. The minimum absolute atomic E-state index is 0.106. The highest BCUT2D eigenvalue weighted by molar-refractivity contribution is 7.89. The zero-order valence-electron chi connectivity index (χ0n) is 12.7. The van der Waals surface area contributed by atoms with Crippen molar-refractivity contribution in [3.63, 3.8) is 0 Å². The van der Waals surface area contributed by atoms with Crippen LogP contribution in [0.1, 0.15) is 39.5 Å². The summed E-state index contributed by atoms with van der Waals surface area (Å²) in [7, 11) is -3.46. The van der Waals surface area contributed by atoms with E-state index in [4.69, 9.17) is 0 Å². The van der Waals surface area contributed by atoms with Crippen molar-refractivity contribution in [2.24, 2.45) is 11.8 Å². The van der Waals surface area contributed by atoms with E-state index in [0.717, 1.165) is 11.6 Å². The minimum atomic E-state index is -3.46. The van der Waals surface area contributed by atoms with E-state index >= 15 is 0 Å². The maximum atomic E-state index is 12.4. The summed E-state index contributed by atoms with van der Waals surface area (Å²) >= 11 is 0. The highest BCUT2D eigenvalue weighted by Gasteiger charge is 2.39. The van der Waals surface area contributed by atoms with Crippen molar-refractivity contribution in [1.29, 1.82) is 0 Å². The zero-order valence-corrected chi connectivity index (χ0v) is 13.5. The van der Waals surface area contributed by atoms with Gasteiger partial charge in [-0.1, -0.05) is 18.6 Å². The van der Waals surface area contributed by atoms with Gasteiger partial charge in [0.2, 0.25) is 10.0 Å². The molecular weight excluding hydrogens is 284 g/mol. The Hall–Kier alpha value is -1.07. The molecule has 21 heavy (non-hydrogen) atoms. The monoisotopic (exact) mass is 308 g/mol. The average Bonchev–Trinajstić information content (AvgIpc) is 3.00. The fraction of sp³-hybridized carbons (Fsp3) is 0.625. The topological polar surface area (TPSA) is 58.2 Å². The molecule has 5 heteroatoms. The van der Waals surface area contributed by atoms with Crippen molar-refractivity contribution in [2.45, 2.75) is 56.5 Å².